The zero-order valence-corrected chi connectivity index (χ0v) is 16.3. The molecular weight excluding hydrogens is 415 g/mol. The highest BCUT2D eigenvalue weighted by molar-refractivity contribution is 14.0. The third-order valence-electron chi connectivity index (χ3n) is 3.34. The smallest absolute Gasteiger partial charge is 0.188 e. The summed E-state index contributed by atoms with van der Waals surface area (Å²) in [5, 5.41) is 3.11. The third-order valence-corrected chi connectivity index (χ3v) is 3.34. The number of nitrogens with zero attached hydrogens (tertiary/aromatic N) is 2. The number of pyridine rings is 1. The molecule has 2 aromatic rings. The first kappa shape index (κ1) is 20.4. The van der Waals surface area contributed by atoms with Gasteiger partial charge >= 0.3 is 0 Å². The number of guanidine groups is 1. The molecule has 2 rings (SSSR count). The molecule has 0 atom stereocenters. The molecular formula is C18H25IN4O. The van der Waals surface area contributed by atoms with Crippen LogP contribution < -0.4 is 11.1 Å². The average Bonchev–Trinajstić information content (AvgIpc) is 2.60. The molecule has 0 unspecified atom stereocenters. The first-order chi connectivity index (χ1) is 11.3. The van der Waals surface area contributed by atoms with Crippen LogP contribution in [0.2, 0.25) is 0 Å². The van der Waals surface area contributed by atoms with Crippen molar-refractivity contribution in [2.75, 3.05) is 13.2 Å². The van der Waals surface area contributed by atoms with Gasteiger partial charge in [0.15, 0.2) is 5.96 Å². The Labute approximate surface area is 160 Å². The van der Waals surface area contributed by atoms with Gasteiger partial charge in [-0.05, 0) is 30.2 Å². The van der Waals surface area contributed by atoms with Crippen molar-refractivity contribution >= 4 is 29.9 Å². The number of halogens is 1. The van der Waals surface area contributed by atoms with Crippen molar-refractivity contribution in [3.05, 3.63) is 65.5 Å². The standard InChI is InChI=1S/C18H24N4O.HI/c1-2-23-14-16-8-6-15(7-9-16)13-22-18(19)21-12-10-17-5-3-4-11-20-17;/h3-9,11H,2,10,12-14H2,1H3,(H3,19,21,22);1H. The highest BCUT2D eigenvalue weighted by Crippen LogP contribution is 2.06. The molecule has 0 aliphatic heterocycles. The topological polar surface area (TPSA) is 72.5 Å². The van der Waals surface area contributed by atoms with Crippen LogP contribution in [-0.2, 0) is 24.3 Å². The SMILES string of the molecule is CCOCc1ccc(CN=C(N)NCCc2ccccn2)cc1.I. The Balaban J connectivity index is 0.00000288. The van der Waals surface area contributed by atoms with Crippen molar-refractivity contribution in [3.63, 3.8) is 0 Å². The van der Waals surface area contributed by atoms with Crippen LogP contribution >= 0.6 is 24.0 Å². The number of hydrogen-bond acceptors (Lipinski definition) is 3. The second kappa shape index (κ2) is 11.8. The molecule has 0 radical (unpaired) electrons. The highest BCUT2D eigenvalue weighted by Gasteiger charge is 1.97. The van der Waals surface area contributed by atoms with E-state index in [1.165, 1.54) is 5.56 Å². The number of nitrogens with two attached hydrogens (primary N) is 1. The summed E-state index contributed by atoms with van der Waals surface area (Å²) in [5.74, 6) is 0.458. The van der Waals surface area contributed by atoms with E-state index in [2.05, 4.69) is 39.6 Å². The van der Waals surface area contributed by atoms with E-state index in [4.69, 9.17) is 10.5 Å². The third kappa shape index (κ3) is 7.74. The van der Waals surface area contributed by atoms with Gasteiger partial charge in [0, 0.05) is 31.5 Å². The van der Waals surface area contributed by atoms with E-state index < -0.39 is 0 Å². The summed E-state index contributed by atoms with van der Waals surface area (Å²) in [4.78, 5) is 8.62. The summed E-state index contributed by atoms with van der Waals surface area (Å²) in [6.45, 7) is 4.66. The molecule has 0 amide bonds. The van der Waals surface area contributed by atoms with Gasteiger partial charge in [0.1, 0.15) is 0 Å². The molecule has 0 spiro atoms. The van der Waals surface area contributed by atoms with Gasteiger partial charge in [-0.25, -0.2) is 4.99 Å². The number of nitrogens with one attached hydrogen (secondary N) is 1. The Morgan fingerprint density at radius 3 is 2.58 bits per heavy atom. The fraction of sp³-hybridized carbons (Fsp3) is 0.333. The van der Waals surface area contributed by atoms with Gasteiger partial charge in [-0.15, -0.1) is 24.0 Å². The van der Waals surface area contributed by atoms with Crippen LogP contribution in [0, 0.1) is 0 Å². The summed E-state index contributed by atoms with van der Waals surface area (Å²) in [7, 11) is 0. The van der Waals surface area contributed by atoms with Gasteiger partial charge in [-0.2, -0.15) is 0 Å². The predicted molar refractivity (Wildman–Crippen MR) is 108 cm³/mol. The maximum absolute atomic E-state index is 5.88. The molecule has 130 valence electrons. The van der Waals surface area contributed by atoms with E-state index in [9.17, 15) is 0 Å². The van der Waals surface area contributed by atoms with E-state index in [-0.39, 0.29) is 24.0 Å². The molecule has 0 aliphatic rings. The van der Waals surface area contributed by atoms with E-state index in [1.807, 2.05) is 25.1 Å². The van der Waals surface area contributed by atoms with Crippen LogP contribution in [0.15, 0.2) is 53.7 Å². The zero-order chi connectivity index (χ0) is 16.3. The van der Waals surface area contributed by atoms with Crippen LogP contribution in [0.25, 0.3) is 0 Å². The van der Waals surface area contributed by atoms with Crippen molar-refractivity contribution in [3.8, 4) is 0 Å². The van der Waals surface area contributed by atoms with Gasteiger partial charge in [-0.3, -0.25) is 4.98 Å². The van der Waals surface area contributed by atoms with E-state index in [0.29, 0.717) is 19.1 Å². The van der Waals surface area contributed by atoms with Crippen molar-refractivity contribution in [1.29, 1.82) is 0 Å². The molecule has 1 aromatic carbocycles. The number of rotatable bonds is 8. The largest absolute Gasteiger partial charge is 0.377 e. The second-order valence-electron chi connectivity index (χ2n) is 5.15. The summed E-state index contributed by atoms with van der Waals surface area (Å²) in [6.07, 6.45) is 2.62. The summed E-state index contributed by atoms with van der Waals surface area (Å²) in [6, 6.07) is 14.1. The molecule has 0 bridgehead atoms. The zero-order valence-electron chi connectivity index (χ0n) is 13.9. The molecule has 0 fully saturated rings. The van der Waals surface area contributed by atoms with Gasteiger partial charge in [0.25, 0.3) is 0 Å². The van der Waals surface area contributed by atoms with E-state index in [0.717, 1.165) is 30.8 Å². The number of ether oxygens (including phenoxy) is 1. The van der Waals surface area contributed by atoms with Crippen LogP contribution in [0.5, 0.6) is 0 Å². The van der Waals surface area contributed by atoms with Crippen LogP contribution in [0.4, 0.5) is 0 Å². The molecule has 0 saturated heterocycles. The van der Waals surface area contributed by atoms with Gasteiger partial charge in [0.2, 0.25) is 0 Å². The van der Waals surface area contributed by atoms with Crippen molar-refractivity contribution in [2.24, 2.45) is 10.7 Å². The quantitative estimate of drug-likeness (QED) is 0.376. The highest BCUT2D eigenvalue weighted by atomic mass is 127. The summed E-state index contributed by atoms with van der Waals surface area (Å²) >= 11 is 0. The van der Waals surface area contributed by atoms with Crippen molar-refractivity contribution in [2.45, 2.75) is 26.5 Å². The number of benzene rings is 1. The lowest BCUT2D eigenvalue weighted by Crippen LogP contribution is -2.33. The number of aromatic nitrogens is 1. The fourth-order valence-corrected chi connectivity index (χ4v) is 2.06. The first-order valence-corrected chi connectivity index (χ1v) is 7.87. The minimum atomic E-state index is 0. The van der Waals surface area contributed by atoms with Crippen LogP contribution in [0.1, 0.15) is 23.7 Å². The Morgan fingerprint density at radius 1 is 1.17 bits per heavy atom. The van der Waals surface area contributed by atoms with Crippen molar-refractivity contribution < 1.29 is 4.74 Å². The summed E-state index contributed by atoms with van der Waals surface area (Å²) in [5.41, 5.74) is 9.21. The minimum Gasteiger partial charge on any atom is -0.377 e. The molecule has 5 nitrogen and oxygen atoms in total. The number of hydrogen-bond donors (Lipinski definition) is 2. The number of aliphatic imine (C=N–C) groups is 1. The lowest BCUT2D eigenvalue weighted by Gasteiger charge is -2.06. The Bertz CT molecular complexity index is 602. The molecule has 0 aliphatic carbocycles. The van der Waals surface area contributed by atoms with Gasteiger partial charge in [0.05, 0.1) is 13.2 Å². The predicted octanol–water partition coefficient (Wildman–Crippen LogP) is 2.88. The molecule has 6 heteroatoms. The monoisotopic (exact) mass is 440 g/mol. The first-order valence-electron chi connectivity index (χ1n) is 7.87. The van der Waals surface area contributed by atoms with E-state index >= 15 is 0 Å². The maximum atomic E-state index is 5.88. The fourth-order valence-electron chi connectivity index (χ4n) is 2.06. The molecule has 0 saturated carbocycles. The van der Waals surface area contributed by atoms with Crippen molar-refractivity contribution in [1.82, 2.24) is 10.3 Å². The molecule has 1 heterocycles. The Hall–Kier alpha value is -1.67. The maximum Gasteiger partial charge on any atom is 0.188 e. The molecule has 3 N–H and O–H groups in total. The van der Waals surface area contributed by atoms with Crippen LogP contribution in [0.3, 0.4) is 0 Å². The molecule has 1 aromatic heterocycles. The second-order valence-corrected chi connectivity index (χ2v) is 5.15. The van der Waals surface area contributed by atoms with Gasteiger partial charge in [-0.1, -0.05) is 30.3 Å². The van der Waals surface area contributed by atoms with Crippen LogP contribution in [-0.4, -0.2) is 24.1 Å². The minimum absolute atomic E-state index is 0. The Kier molecular flexibility index (Phi) is 10.0. The molecule has 24 heavy (non-hydrogen) atoms. The van der Waals surface area contributed by atoms with E-state index in [1.54, 1.807) is 6.20 Å². The normalized spacial score (nSPS) is 11.0. The lowest BCUT2D eigenvalue weighted by atomic mass is 10.1. The lowest BCUT2D eigenvalue weighted by molar-refractivity contribution is 0.134. The van der Waals surface area contributed by atoms with Gasteiger partial charge < -0.3 is 15.8 Å². The summed E-state index contributed by atoms with van der Waals surface area (Å²) < 4.78 is 5.38. The average molecular weight is 440 g/mol. The Morgan fingerprint density at radius 2 is 1.92 bits per heavy atom.